The monoisotopic (exact) mass is 245 g/mol. The minimum Gasteiger partial charge on any atom is -0.493 e. The van der Waals surface area contributed by atoms with Crippen LogP contribution in [0.25, 0.3) is 11.5 Å². The normalized spacial score (nSPS) is 16.2. The average Bonchev–Trinajstić information content (AvgIpc) is 3.01. The number of aromatic amines is 2. The predicted octanol–water partition coefficient (Wildman–Crippen LogP) is 2.13. The van der Waals surface area contributed by atoms with E-state index >= 15 is 0 Å². The summed E-state index contributed by atoms with van der Waals surface area (Å²) in [5, 5.41) is 9.99. The van der Waals surface area contributed by atoms with Gasteiger partial charge in [0, 0.05) is 6.20 Å². The fraction of sp³-hybridized carbons (Fsp3) is 0.385. The van der Waals surface area contributed by atoms with Gasteiger partial charge in [-0.3, -0.25) is 4.79 Å². The van der Waals surface area contributed by atoms with Crippen LogP contribution in [0.1, 0.15) is 37.2 Å². The van der Waals surface area contributed by atoms with E-state index in [1.807, 2.05) is 6.07 Å². The Balaban J connectivity index is 2.06. The zero-order valence-electron chi connectivity index (χ0n) is 9.94. The van der Waals surface area contributed by atoms with Crippen molar-refractivity contribution in [2.45, 2.75) is 31.6 Å². The van der Waals surface area contributed by atoms with Crippen molar-refractivity contribution in [2.24, 2.45) is 0 Å². The molecule has 0 amide bonds. The van der Waals surface area contributed by atoms with Crippen LogP contribution in [0.3, 0.4) is 0 Å². The molecule has 0 saturated heterocycles. The molecule has 1 aliphatic carbocycles. The highest BCUT2D eigenvalue weighted by Crippen LogP contribution is 2.35. The molecule has 0 aromatic carbocycles. The summed E-state index contributed by atoms with van der Waals surface area (Å²) in [6.45, 7) is 0. The van der Waals surface area contributed by atoms with Gasteiger partial charge in [-0.05, 0) is 30.9 Å². The van der Waals surface area contributed by atoms with Crippen LogP contribution in [0.15, 0.2) is 23.1 Å². The largest absolute Gasteiger partial charge is 0.493 e. The van der Waals surface area contributed by atoms with Crippen molar-refractivity contribution >= 4 is 0 Å². The van der Waals surface area contributed by atoms with Crippen LogP contribution in [0, 0.1) is 0 Å². The van der Waals surface area contributed by atoms with E-state index in [4.69, 9.17) is 0 Å². The first kappa shape index (κ1) is 11.1. The van der Waals surface area contributed by atoms with Gasteiger partial charge in [0.25, 0.3) is 5.56 Å². The molecule has 0 unspecified atom stereocenters. The van der Waals surface area contributed by atoms with Crippen LogP contribution < -0.4 is 5.56 Å². The summed E-state index contributed by atoms with van der Waals surface area (Å²) in [5.41, 5.74) is 0.919. The molecule has 0 radical (unpaired) electrons. The molecule has 0 atom stereocenters. The second-order valence-corrected chi connectivity index (χ2v) is 4.72. The van der Waals surface area contributed by atoms with Crippen molar-refractivity contribution in [3.63, 3.8) is 0 Å². The zero-order valence-corrected chi connectivity index (χ0v) is 9.94. The Kier molecular flexibility index (Phi) is 2.66. The molecule has 2 aromatic heterocycles. The van der Waals surface area contributed by atoms with Gasteiger partial charge in [0.2, 0.25) is 5.88 Å². The van der Waals surface area contributed by atoms with Gasteiger partial charge in [-0.15, -0.1) is 0 Å². The maximum Gasteiger partial charge on any atom is 0.258 e. The van der Waals surface area contributed by atoms with Gasteiger partial charge in [0.05, 0.1) is 11.3 Å². The number of H-pyrrole nitrogens is 2. The maximum atomic E-state index is 12.1. The van der Waals surface area contributed by atoms with Crippen molar-refractivity contribution in [2.75, 3.05) is 0 Å². The van der Waals surface area contributed by atoms with Crippen LogP contribution in [0.5, 0.6) is 5.88 Å². The summed E-state index contributed by atoms with van der Waals surface area (Å²) < 4.78 is 0. The van der Waals surface area contributed by atoms with Gasteiger partial charge in [-0.25, -0.2) is 0 Å². The third-order valence-corrected chi connectivity index (χ3v) is 3.55. The van der Waals surface area contributed by atoms with Crippen LogP contribution in [0.2, 0.25) is 0 Å². The van der Waals surface area contributed by atoms with Crippen molar-refractivity contribution in [1.29, 1.82) is 0 Å². The number of hydrogen-bond acceptors (Lipinski definition) is 3. The standard InChI is InChI=1S/C13H15N3O2/c17-12-10(8-4-1-2-5-8)13(18)16-11(15-12)9-6-3-7-14-9/h3,6-8,14H,1-2,4-5H2,(H2,15,16,17,18). The summed E-state index contributed by atoms with van der Waals surface area (Å²) in [4.78, 5) is 21.9. The van der Waals surface area contributed by atoms with Crippen LogP contribution in [-0.2, 0) is 0 Å². The molecule has 3 rings (SSSR count). The van der Waals surface area contributed by atoms with Crippen molar-refractivity contribution < 1.29 is 5.11 Å². The minimum atomic E-state index is -0.223. The molecule has 1 fully saturated rings. The van der Waals surface area contributed by atoms with Crippen molar-refractivity contribution in [1.82, 2.24) is 15.0 Å². The summed E-state index contributed by atoms with van der Waals surface area (Å²) in [6.07, 6.45) is 5.89. The van der Waals surface area contributed by atoms with E-state index in [2.05, 4.69) is 15.0 Å². The number of hydrogen-bond donors (Lipinski definition) is 3. The minimum absolute atomic E-state index is 0.129. The van der Waals surface area contributed by atoms with E-state index in [1.54, 1.807) is 12.3 Å². The molecule has 5 heteroatoms. The first-order valence-electron chi connectivity index (χ1n) is 6.22. The number of nitrogens with zero attached hydrogens (tertiary/aromatic N) is 1. The summed E-state index contributed by atoms with van der Waals surface area (Å²) in [7, 11) is 0. The van der Waals surface area contributed by atoms with E-state index in [0.717, 1.165) is 25.7 Å². The van der Waals surface area contributed by atoms with E-state index in [1.165, 1.54) is 0 Å². The lowest BCUT2D eigenvalue weighted by molar-refractivity contribution is 0.436. The molecule has 2 heterocycles. The van der Waals surface area contributed by atoms with E-state index in [9.17, 15) is 9.90 Å². The summed E-state index contributed by atoms with van der Waals surface area (Å²) >= 11 is 0. The molecule has 0 spiro atoms. The summed E-state index contributed by atoms with van der Waals surface area (Å²) in [6, 6.07) is 3.62. The molecular formula is C13H15N3O2. The molecule has 1 aliphatic rings. The lowest BCUT2D eigenvalue weighted by atomic mass is 10.00. The highest BCUT2D eigenvalue weighted by molar-refractivity contribution is 5.50. The molecule has 5 nitrogen and oxygen atoms in total. The van der Waals surface area contributed by atoms with E-state index in [0.29, 0.717) is 17.1 Å². The SMILES string of the molecule is O=c1[nH]c(-c2ccc[nH]2)nc(O)c1C1CCCC1. The fourth-order valence-corrected chi connectivity index (χ4v) is 2.66. The Morgan fingerprint density at radius 3 is 2.72 bits per heavy atom. The number of rotatable bonds is 2. The third kappa shape index (κ3) is 1.81. The number of aromatic nitrogens is 3. The zero-order chi connectivity index (χ0) is 12.5. The maximum absolute atomic E-state index is 12.1. The predicted molar refractivity (Wildman–Crippen MR) is 67.5 cm³/mol. The van der Waals surface area contributed by atoms with Crippen LogP contribution in [0.4, 0.5) is 0 Å². The van der Waals surface area contributed by atoms with Gasteiger partial charge in [-0.1, -0.05) is 12.8 Å². The Morgan fingerprint density at radius 1 is 1.33 bits per heavy atom. The molecule has 0 bridgehead atoms. The van der Waals surface area contributed by atoms with Crippen molar-refractivity contribution in [3.05, 3.63) is 34.2 Å². The quantitative estimate of drug-likeness (QED) is 0.758. The average molecular weight is 245 g/mol. The number of aromatic hydroxyl groups is 1. The van der Waals surface area contributed by atoms with Gasteiger partial charge >= 0.3 is 0 Å². The number of nitrogens with one attached hydrogen (secondary N) is 2. The third-order valence-electron chi connectivity index (χ3n) is 3.55. The molecule has 3 N–H and O–H groups in total. The molecule has 94 valence electrons. The van der Waals surface area contributed by atoms with Crippen LogP contribution in [-0.4, -0.2) is 20.1 Å². The Morgan fingerprint density at radius 2 is 2.11 bits per heavy atom. The molecular weight excluding hydrogens is 230 g/mol. The highest BCUT2D eigenvalue weighted by atomic mass is 16.3. The smallest absolute Gasteiger partial charge is 0.258 e. The van der Waals surface area contributed by atoms with E-state index in [-0.39, 0.29) is 17.4 Å². The molecule has 1 saturated carbocycles. The molecule has 18 heavy (non-hydrogen) atoms. The Labute approximate surface area is 104 Å². The van der Waals surface area contributed by atoms with Gasteiger partial charge in [-0.2, -0.15) is 4.98 Å². The second-order valence-electron chi connectivity index (χ2n) is 4.72. The Hall–Kier alpha value is -2.04. The summed E-state index contributed by atoms with van der Waals surface area (Å²) in [5.74, 6) is 0.401. The lowest BCUT2D eigenvalue weighted by Gasteiger charge is -2.10. The van der Waals surface area contributed by atoms with Gasteiger partial charge in [0.15, 0.2) is 5.82 Å². The van der Waals surface area contributed by atoms with Crippen LogP contribution >= 0.6 is 0 Å². The fourth-order valence-electron chi connectivity index (χ4n) is 2.66. The highest BCUT2D eigenvalue weighted by Gasteiger charge is 2.24. The van der Waals surface area contributed by atoms with E-state index < -0.39 is 0 Å². The van der Waals surface area contributed by atoms with Gasteiger partial charge in [0.1, 0.15) is 0 Å². The second kappa shape index (κ2) is 4.33. The van der Waals surface area contributed by atoms with Gasteiger partial charge < -0.3 is 15.1 Å². The topological polar surface area (TPSA) is 81.8 Å². The molecule has 2 aromatic rings. The lowest BCUT2D eigenvalue weighted by Crippen LogP contribution is -2.17. The first-order valence-corrected chi connectivity index (χ1v) is 6.22. The van der Waals surface area contributed by atoms with Crippen molar-refractivity contribution in [3.8, 4) is 17.4 Å². The Bertz CT molecular complexity index is 595. The molecule has 0 aliphatic heterocycles. The first-order chi connectivity index (χ1) is 8.75.